The Kier molecular flexibility index (Phi) is 5.46. The number of amidine groups is 1. The molecule has 2 aromatic rings. The first-order valence-corrected chi connectivity index (χ1v) is 8.72. The molecule has 1 amide bonds. The molecule has 3 rings (SSSR count). The highest BCUT2D eigenvalue weighted by atomic mass is 35.5. The zero-order chi connectivity index (χ0) is 22.3. The normalized spacial score (nSPS) is 24.3. The van der Waals surface area contributed by atoms with Gasteiger partial charge >= 0.3 is 12.0 Å². The average Bonchev–Trinajstić information content (AvgIpc) is 2.66. The number of carbonyl (C=O) groups excluding carboxylic acids is 1. The number of hydrogen-bond acceptors (Lipinski definition) is 5. The largest absolute Gasteiger partial charge is 0.451 e. The predicted molar refractivity (Wildman–Crippen MR) is 98.4 cm³/mol. The number of alkyl halides is 4. The number of halogens is 6. The molecule has 0 saturated carbocycles. The fraction of sp³-hybridized carbons (Fsp3) is 0.278. The van der Waals surface area contributed by atoms with Crippen LogP contribution in [0.15, 0.2) is 41.5 Å². The molecule has 30 heavy (non-hydrogen) atoms. The molecule has 0 saturated heterocycles. The first kappa shape index (κ1) is 21.9. The molecule has 1 aromatic heterocycles. The number of anilines is 1. The SMILES string of the molecule is C[C@@]1(c2cc(NC(=O)c3ccc(Cl)cn3)ccc2F)N=C(N)CO[C@@]1(F)C(F)(F)F. The molecular weight excluding hydrogens is 435 g/mol. The van der Waals surface area contributed by atoms with E-state index in [1.807, 2.05) is 0 Å². The number of carbonyl (C=O) groups is 1. The van der Waals surface area contributed by atoms with Crippen LogP contribution in [0.25, 0.3) is 0 Å². The van der Waals surface area contributed by atoms with E-state index in [9.17, 15) is 22.4 Å². The lowest BCUT2D eigenvalue weighted by Crippen LogP contribution is -2.61. The Morgan fingerprint density at radius 1 is 1.30 bits per heavy atom. The van der Waals surface area contributed by atoms with E-state index in [-0.39, 0.29) is 16.4 Å². The van der Waals surface area contributed by atoms with E-state index in [1.54, 1.807) is 0 Å². The molecule has 1 aliphatic heterocycles. The quantitative estimate of drug-likeness (QED) is 0.696. The van der Waals surface area contributed by atoms with E-state index in [2.05, 4.69) is 20.0 Å². The van der Waals surface area contributed by atoms with Gasteiger partial charge in [-0.2, -0.15) is 17.6 Å². The van der Waals surface area contributed by atoms with Gasteiger partial charge in [-0.1, -0.05) is 11.6 Å². The summed E-state index contributed by atoms with van der Waals surface area (Å²) in [6.45, 7) is -0.219. The Balaban J connectivity index is 2.04. The summed E-state index contributed by atoms with van der Waals surface area (Å²) < 4.78 is 74.5. The van der Waals surface area contributed by atoms with Crippen LogP contribution in [0.3, 0.4) is 0 Å². The summed E-state index contributed by atoms with van der Waals surface area (Å²) in [4.78, 5) is 19.6. The van der Waals surface area contributed by atoms with E-state index in [4.69, 9.17) is 17.3 Å². The molecule has 0 radical (unpaired) electrons. The minimum absolute atomic E-state index is 0.0603. The summed E-state index contributed by atoms with van der Waals surface area (Å²) in [6.07, 6.45) is -4.34. The molecule has 3 N–H and O–H groups in total. The van der Waals surface area contributed by atoms with Crippen molar-refractivity contribution in [2.24, 2.45) is 10.7 Å². The summed E-state index contributed by atoms with van der Waals surface area (Å²) in [5.74, 6) is -6.76. The zero-order valence-corrected chi connectivity index (χ0v) is 16.0. The highest BCUT2D eigenvalue weighted by Crippen LogP contribution is 2.52. The van der Waals surface area contributed by atoms with E-state index >= 15 is 4.39 Å². The Morgan fingerprint density at radius 2 is 2.00 bits per heavy atom. The summed E-state index contributed by atoms with van der Waals surface area (Å²) in [5, 5.41) is 2.62. The van der Waals surface area contributed by atoms with E-state index < -0.39 is 47.3 Å². The molecule has 12 heteroatoms. The molecule has 1 aliphatic rings. The molecule has 0 unspecified atom stereocenters. The molecule has 0 fully saturated rings. The molecule has 1 aromatic carbocycles. The third kappa shape index (κ3) is 3.70. The molecule has 0 aliphatic carbocycles. The van der Waals surface area contributed by atoms with Crippen molar-refractivity contribution < 1.29 is 31.5 Å². The second kappa shape index (κ2) is 7.47. The van der Waals surface area contributed by atoms with Gasteiger partial charge in [-0.25, -0.2) is 9.37 Å². The van der Waals surface area contributed by atoms with Gasteiger partial charge in [0.15, 0.2) is 5.54 Å². The average molecular weight is 449 g/mol. The Labute approximate surface area is 171 Å². The lowest BCUT2D eigenvalue weighted by Gasteiger charge is -2.43. The van der Waals surface area contributed by atoms with Gasteiger partial charge in [0.2, 0.25) is 0 Å². The van der Waals surface area contributed by atoms with Gasteiger partial charge in [0.25, 0.3) is 5.91 Å². The number of aliphatic imine (C=N–C) groups is 1. The Hall–Kier alpha value is -2.79. The fourth-order valence-corrected chi connectivity index (χ4v) is 3.09. The maximum absolute atomic E-state index is 15.1. The molecule has 0 spiro atoms. The van der Waals surface area contributed by atoms with Crippen molar-refractivity contribution in [1.29, 1.82) is 0 Å². The third-order valence-corrected chi connectivity index (χ3v) is 4.71. The second-order valence-corrected chi connectivity index (χ2v) is 7.00. The lowest BCUT2D eigenvalue weighted by molar-refractivity contribution is -0.357. The van der Waals surface area contributed by atoms with E-state index in [1.165, 1.54) is 18.3 Å². The van der Waals surface area contributed by atoms with Gasteiger partial charge in [-0.15, -0.1) is 0 Å². The van der Waals surface area contributed by atoms with Crippen molar-refractivity contribution in [3.05, 3.63) is 58.6 Å². The predicted octanol–water partition coefficient (Wildman–Crippen LogP) is 3.96. The summed E-state index contributed by atoms with van der Waals surface area (Å²) in [5.41, 5.74) is 1.54. The van der Waals surface area contributed by atoms with E-state index in [0.29, 0.717) is 6.92 Å². The van der Waals surface area contributed by atoms with Crippen molar-refractivity contribution >= 4 is 29.0 Å². The molecular formula is C18H14ClF5N4O2. The molecule has 6 nitrogen and oxygen atoms in total. The number of pyridine rings is 1. The van der Waals surface area contributed by atoms with Crippen LogP contribution < -0.4 is 11.1 Å². The zero-order valence-electron chi connectivity index (χ0n) is 15.2. The van der Waals surface area contributed by atoms with Gasteiger partial charge in [0.1, 0.15) is 24.0 Å². The number of hydrogen-bond donors (Lipinski definition) is 2. The van der Waals surface area contributed by atoms with Gasteiger partial charge < -0.3 is 15.8 Å². The number of amides is 1. The molecule has 2 atom stereocenters. The number of nitrogens with one attached hydrogen (secondary N) is 1. The summed E-state index contributed by atoms with van der Waals surface area (Å²) in [7, 11) is 0. The minimum Gasteiger partial charge on any atom is -0.385 e. The monoisotopic (exact) mass is 448 g/mol. The van der Waals surface area contributed by atoms with Crippen LogP contribution in [0.5, 0.6) is 0 Å². The summed E-state index contributed by atoms with van der Waals surface area (Å²) >= 11 is 5.69. The van der Waals surface area contributed by atoms with Gasteiger partial charge in [0, 0.05) is 17.4 Å². The Morgan fingerprint density at radius 3 is 2.60 bits per heavy atom. The fourth-order valence-electron chi connectivity index (χ4n) is 2.98. The van der Waals surface area contributed by atoms with Crippen molar-refractivity contribution in [3.8, 4) is 0 Å². The van der Waals surface area contributed by atoms with E-state index in [0.717, 1.165) is 18.2 Å². The Bertz CT molecular complexity index is 1010. The minimum atomic E-state index is -5.55. The third-order valence-electron chi connectivity index (χ3n) is 4.49. The first-order chi connectivity index (χ1) is 13.9. The topological polar surface area (TPSA) is 89.6 Å². The number of ether oxygens (including phenoxy) is 1. The van der Waals surface area contributed by atoms with Gasteiger partial charge in [-0.05, 0) is 37.3 Å². The number of nitrogens with two attached hydrogens (primary N) is 1. The van der Waals surface area contributed by atoms with Crippen molar-refractivity contribution in [3.63, 3.8) is 0 Å². The van der Waals surface area contributed by atoms with Crippen molar-refractivity contribution in [1.82, 2.24) is 4.98 Å². The number of benzene rings is 1. The van der Waals surface area contributed by atoms with Crippen LogP contribution in [0, 0.1) is 5.82 Å². The number of nitrogens with zero attached hydrogens (tertiary/aromatic N) is 2. The highest BCUT2D eigenvalue weighted by molar-refractivity contribution is 6.30. The standard InChI is InChI=1S/C18H14ClF5N4O2/c1-16(17(21,18(22,23)24)30-8-14(25)28-16)11-6-10(3-4-12(11)20)27-15(29)13-5-2-9(19)7-26-13/h2-7H,8H2,1H3,(H2,25,28)(H,27,29)/t16-,17+/m0/s1. The van der Waals surface area contributed by atoms with Crippen LogP contribution in [0.4, 0.5) is 27.6 Å². The molecule has 160 valence electrons. The second-order valence-electron chi connectivity index (χ2n) is 6.57. The first-order valence-electron chi connectivity index (χ1n) is 8.34. The van der Waals surface area contributed by atoms with Gasteiger partial charge in [0.05, 0.1) is 5.02 Å². The van der Waals surface area contributed by atoms with Crippen LogP contribution in [-0.4, -0.2) is 35.4 Å². The molecule has 2 heterocycles. The maximum Gasteiger partial charge on any atom is 0.451 e. The number of aromatic nitrogens is 1. The lowest BCUT2D eigenvalue weighted by atomic mass is 9.82. The molecule has 0 bridgehead atoms. The maximum atomic E-state index is 15.1. The van der Waals surface area contributed by atoms with Gasteiger partial charge in [-0.3, -0.25) is 9.79 Å². The van der Waals surface area contributed by atoms with Crippen LogP contribution >= 0.6 is 11.6 Å². The van der Waals surface area contributed by atoms with Crippen LogP contribution in [-0.2, 0) is 10.3 Å². The summed E-state index contributed by atoms with van der Waals surface area (Å²) in [6, 6.07) is 5.38. The number of rotatable bonds is 3. The smallest absolute Gasteiger partial charge is 0.385 e. The van der Waals surface area contributed by atoms with Crippen molar-refractivity contribution in [2.75, 3.05) is 11.9 Å². The van der Waals surface area contributed by atoms with Crippen LogP contribution in [0.1, 0.15) is 23.0 Å². The highest BCUT2D eigenvalue weighted by Gasteiger charge is 2.71. The van der Waals surface area contributed by atoms with Crippen molar-refractivity contribution in [2.45, 2.75) is 24.5 Å². The van der Waals surface area contributed by atoms with Crippen LogP contribution in [0.2, 0.25) is 5.02 Å².